The van der Waals surface area contributed by atoms with Crippen molar-refractivity contribution in [2.24, 2.45) is 0 Å². The molecule has 7 heteroatoms. The van der Waals surface area contributed by atoms with Gasteiger partial charge in [0.15, 0.2) is 0 Å². The molecule has 1 aromatic rings. The number of nitrogens with zero attached hydrogens (tertiary/aromatic N) is 2. The zero-order valence-corrected chi connectivity index (χ0v) is 14.3. The summed E-state index contributed by atoms with van der Waals surface area (Å²) in [5, 5.41) is 5.12. The number of fused-ring (bicyclic) bond motifs is 1. The van der Waals surface area contributed by atoms with Crippen LogP contribution in [0.5, 0.6) is 0 Å². The van der Waals surface area contributed by atoms with Crippen molar-refractivity contribution in [3.63, 3.8) is 0 Å². The summed E-state index contributed by atoms with van der Waals surface area (Å²) < 4.78 is 0. The lowest BCUT2D eigenvalue weighted by molar-refractivity contribution is -0.140. The fourth-order valence-electron chi connectivity index (χ4n) is 2.72. The minimum absolute atomic E-state index is 0.215. The molecule has 1 aliphatic rings. The third kappa shape index (κ3) is 3.91. The molecule has 0 bridgehead atoms. The van der Waals surface area contributed by atoms with Crippen LogP contribution in [0, 0.1) is 0 Å². The fraction of sp³-hybridized carbons (Fsp3) is 0.471. The lowest BCUT2D eigenvalue weighted by Crippen LogP contribution is -2.44. The molecule has 3 amide bonds. The van der Waals surface area contributed by atoms with Crippen molar-refractivity contribution in [2.45, 2.75) is 19.4 Å². The van der Waals surface area contributed by atoms with Gasteiger partial charge >= 0.3 is 11.8 Å². The van der Waals surface area contributed by atoms with Gasteiger partial charge in [0, 0.05) is 24.3 Å². The van der Waals surface area contributed by atoms with Crippen LogP contribution < -0.4 is 15.5 Å². The zero-order valence-electron chi connectivity index (χ0n) is 14.3. The van der Waals surface area contributed by atoms with Crippen LogP contribution in [-0.4, -0.2) is 56.4 Å². The first-order chi connectivity index (χ1) is 11.5. The van der Waals surface area contributed by atoms with Crippen LogP contribution in [0.2, 0.25) is 0 Å². The molecule has 7 nitrogen and oxygen atoms in total. The molecule has 2 N–H and O–H groups in total. The van der Waals surface area contributed by atoms with Gasteiger partial charge < -0.3 is 20.4 Å². The Balaban J connectivity index is 1.96. The summed E-state index contributed by atoms with van der Waals surface area (Å²) in [7, 11) is 3.88. The summed E-state index contributed by atoms with van der Waals surface area (Å²) >= 11 is 0. The van der Waals surface area contributed by atoms with Gasteiger partial charge in [0.1, 0.15) is 6.04 Å². The number of amides is 3. The Hall–Kier alpha value is -2.41. The maximum absolute atomic E-state index is 12.5. The summed E-state index contributed by atoms with van der Waals surface area (Å²) in [6.45, 7) is 3.62. The number of carbonyl (C=O) groups is 3. The number of likely N-dealkylation sites (N-methyl/N-ethyl adjacent to an activating group) is 1. The Bertz CT molecular complexity index is 630. The van der Waals surface area contributed by atoms with E-state index in [4.69, 9.17) is 0 Å². The molecular weight excluding hydrogens is 308 g/mol. The van der Waals surface area contributed by atoms with Crippen LogP contribution >= 0.6 is 0 Å². The Morgan fingerprint density at radius 2 is 1.92 bits per heavy atom. The maximum atomic E-state index is 12.5. The molecule has 0 fully saturated rings. The molecule has 0 spiro atoms. The molecule has 0 saturated heterocycles. The van der Waals surface area contributed by atoms with Crippen molar-refractivity contribution in [3.05, 3.63) is 29.8 Å². The lowest BCUT2D eigenvalue weighted by Gasteiger charge is -2.15. The molecule has 1 aromatic carbocycles. The van der Waals surface area contributed by atoms with E-state index in [2.05, 4.69) is 10.6 Å². The van der Waals surface area contributed by atoms with Gasteiger partial charge in [0.05, 0.1) is 0 Å². The van der Waals surface area contributed by atoms with E-state index in [1.807, 2.05) is 44.1 Å². The van der Waals surface area contributed by atoms with Crippen LogP contribution in [-0.2, 0) is 14.4 Å². The summed E-state index contributed by atoms with van der Waals surface area (Å²) in [5.74, 6) is -1.72. The van der Waals surface area contributed by atoms with Crippen LogP contribution in [0.15, 0.2) is 24.3 Å². The minimum atomic E-state index is -0.804. The molecule has 0 aromatic heterocycles. The molecule has 130 valence electrons. The molecule has 1 atom stereocenters. The number of rotatable bonds is 6. The van der Waals surface area contributed by atoms with Crippen LogP contribution in [0.25, 0.3) is 0 Å². The largest absolute Gasteiger partial charge is 0.348 e. The highest BCUT2D eigenvalue weighted by molar-refractivity contribution is 6.35. The van der Waals surface area contributed by atoms with E-state index >= 15 is 0 Å². The van der Waals surface area contributed by atoms with E-state index in [1.165, 1.54) is 0 Å². The number of anilines is 1. The van der Waals surface area contributed by atoms with E-state index in [0.29, 0.717) is 13.1 Å². The van der Waals surface area contributed by atoms with Crippen molar-refractivity contribution in [2.75, 3.05) is 38.6 Å². The first kappa shape index (κ1) is 17.9. The Morgan fingerprint density at radius 1 is 1.21 bits per heavy atom. The number of hydrogen-bond acceptors (Lipinski definition) is 4. The smallest absolute Gasteiger partial charge is 0.310 e. The average molecular weight is 332 g/mol. The summed E-state index contributed by atoms with van der Waals surface area (Å²) in [6, 6.07) is 6.48. The molecule has 1 aliphatic heterocycles. The summed E-state index contributed by atoms with van der Waals surface area (Å²) in [6.07, 6.45) is 0.751. The van der Waals surface area contributed by atoms with Gasteiger partial charge in [-0.05, 0) is 40.1 Å². The van der Waals surface area contributed by atoms with E-state index in [0.717, 1.165) is 24.2 Å². The lowest BCUT2D eigenvalue weighted by atomic mass is 10.1. The molecule has 1 unspecified atom stereocenters. The van der Waals surface area contributed by atoms with E-state index in [-0.39, 0.29) is 5.91 Å². The molecule has 0 saturated carbocycles. The Morgan fingerprint density at radius 3 is 2.58 bits per heavy atom. The van der Waals surface area contributed by atoms with E-state index in [9.17, 15) is 14.4 Å². The first-order valence-electron chi connectivity index (χ1n) is 8.09. The van der Waals surface area contributed by atoms with Crippen molar-refractivity contribution in [1.82, 2.24) is 15.5 Å². The van der Waals surface area contributed by atoms with Crippen LogP contribution in [0.1, 0.15) is 24.9 Å². The molecular formula is C17H24N4O3. The average Bonchev–Trinajstić information content (AvgIpc) is 2.83. The number of para-hydroxylation sites is 1. The van der Waals surface area contributed by atoms with Crippen molar-refractivity contribution in [3.8, 4) is 0 Å². The molecule has 0 aliphatic carbocycles. The SMILES string of the molecule is CCN1C(=O)C(NC(=O)C(=O)NCCCN(C)C)c2ccccc21. The second-order valence-corrected chi connectivity index (χ2v) is 5.96. The summed E-state index contributed by atoms with van der Waals surface area (Å²) in [4.78, 5) is 40.0. The van der Waals surface area contributed by atoms with E-state index in [1.54, 1.807) is 11.0 Å². The van der Waals surface area contributed by atoms with E-state index < -0.39 is 17.9 Å². The fourth-order valence-corrected chi connectivity index (χ4v) is 2.72. The highest BCUT2D eigenvalue weighted by atomic mass is 16.2. The number of carbonyl (C=O) groups excluding carboxylic acids is 3. The topological polar surface area (TPSA) is 81.8 Å². The van der Waals surface area contributed by atoms with Gasteiger partial charge in [-0.25, -0.2) is 0 Å². The molecule has 2 rings (SSSR count). The molecule has 0 radical (unpaired) electrons. The minimum Gasteiger partial charge on any atom is -0.348 e. The maximum Gasteiger partial charge on any atom is 0.310 e. The van der Waals surface area contributed by atoms with Crippen molar-refractivity contribution < 1.29 is 14.4 Å². The van der Waals surface area contributed by atoms with Gasteiger partial charge in [0.25, 0.3) is 5.91 Å². The highest BCUT2D eigenvalue weighted by Crippen LogP contribution is 2.35. The molecule has 24 heavy (non-hydrogen) atoms. The second kappa shape index (κ2) is 7.92. The standard InChI is InChI=1S/C17H24N4O3/c1-4-21-13-9-6-5-8-12(13)14(17(21)24)19-16(23)15(22)18-10-7-11-20(2)3/h5-6,8-9,14H,4,7,10-11H2,1-3H3,(H,18,22)(H,19,23). The Labute approximate surface area is 142 Å². The monoisotopic (exact) mass is 332 g/mol. The quantitative estimate of drug-likeness (QED) is 0.579. The van der Waals surface area contributed by atoms with Crippen molar-refractivity contribution in [1.29, 1.82) is 0 Å². The van der Waals surface area contributed by atoms with Gasteiger partial charge in [-0.1, -0.05) is 18.2 Å². The van der Waals surface area contributed by atoms with Gasteiger partial charge in [0.2, 0.25) is 0 Å². The predicted molar refractivity (Wildman–Crippen MR) is 91.5 cm³/mol. The second-order valence-electron chi connectivity index (χ2n) is 5.96. The number of nitrogens with one attached hydrogen (secondary N) is 2. The molecule has 1 heterocycles. The Kier molecular flexibility index (Phi) is 5.92. The van der Waals surface area contributed by atoms with Gasteiger partial charge in [-0.3, -0.25) is 14.4 Å². The van der Waals surface area contributed by atoms with Crippen LogP contribution in [0.4, 0.5) is 5.69 Å². The highest BCUT2D eigenvalue weighted by Gasteiger charge is 2.37. The zero-order chi connectivity index (χ0) is 17.7. The third-order valence-electron chi connectivity index (χ3n) is 3.92. The van der Waals surface area contributed by atoms with Gasteiger partial charge in [-0.2, -0.15) is 0 Å². The predicted octanol–water partition coefficient (Wildman–Crippen LogP) is 0.278. The summed E-state index contributed by atoms with van der Waals surface area (Å²) in [5.41, 5.74) is 1.50. The third-order valence-corrected chi connectivity index (χ3v) is 3.92. The van der Waals surface area contributed by atoms with Gasteiger partial charge in [-0.15, -0.1) is 0 Å². The van der Waals surface area contributed by atoms with Crippen molar-refractivity contribution >= 4 is 23.4 Å². The normalized spacial score (nSPS) is 16.2. The first-order valence-corrected chi connectivity index (χ1v) is 8.09. The number of hydrogen-bond donors (Lipinski definition) is 2. The van der Waals surface area contributed by atoms with Crippen LogP contribution in [0.3, 0.4) is 0 Å². The number of benzene rings is 1.